The highest BCUT2D eigenvalue weighted by molar-refractivity contribution is 7.13. The number of anilines is 2. The summed E-state index contributed by atoms with van der Waals surface area (Å²) in [6, 6.07) is 18.7. The third-order valence-electron chi connectivity index (χ3n) is 14.2. The fourth-order valence-electron chi connectivity index (χ4n) is 10.3. The molecule has 2 aromatic carbocycles. The van der Waals surface area contributed by atoms with Gasteiger partial charge in [0.2, 0.25) is 11.8 Å². The highest BCUT2D eigenvalue weighted by atomic mass is 32.1. The summed E-state index contributed by atoms with van der Waals surface area (Å²) in [5.74, 6) is 0.844. The number of phenolic OH excluding ortho intramolecular Hbond substituents is 1. The minimum Gasteiger partial charge on any atom is -0.507 e. The fraction of sp³-hybridized carbons (Fsp3) is 0.510. The zero-order chi connectivity index (χ0) is 46.1. The molecule has 2 amide bonds. The van der Waals surface area contributed by atoms with Crippen LogP contribution in [0.5, 0.6) is 11.6 Å². The molecule has 0 aliphatic carbocycles. The second-order valence-electron chi connectivity index (χ2n) is 18.8. The number of aromatic hydroxyl groups is 1. The largest absolute Gasteiger partial charge is 0.507 e. The Hall–Kier alpha value is -5.62. The number of hydrogen-bond acceptors (Lipinski definition) is 15. The number of ether oxygens (including phenoxy) is 1. The lowest BCUT2D eigenvalue weighted by Gasteiger charge is -2.49. The van der Waals surface area contributed by atoms with Gasteiger partial charge in [0, 0.05) is 63.4 Å². The van der Waals surface area contributed by atoms with Crippen molar-refractivity contribution in [3.8, 4) is 33.3 Å². The quantitative estimate of drug-likeness (QED) is 0.103. The van der Waals surface area contributed by atoms with E-state index in [1.54, 1.807) is 23.5 Å². The van der Waals surface area contributed by atoms with Gasteiger partial charge < -0.3 is 39.9 Å². The maximum atomic E-state index is 14.2. The molecule has 0 bridgehead atoms. The number of benzene rings is 2. The van der Waals surface area contributed by atoms with E-state index in [1.807, 2.05) is 75.7 Å². The van der Waals surface area contributed by atoms with E-state index in [-0.39, 0.29) is 42.5 Å². The summed E-state index contributed by atoms with van der Waals surface area (Å²) in [7, 11) is 0. The summed E-state index contributed by atoms with van der Waals surface area (Å²) in [5, 5.41) is 40.8. The molecular weight excluding hydrogens is 857 g/mol. The Morgan fingerprint density at radius 2 is 1.79 bits per heavy atom. The molecule has 3 saturated heterocycles. The molecule has 9 rings (SSSR count). The normalized spacial score (nSPS) is 21.8. The van der Waals surface area contributed by atoms with Crippen LogP contribution in [0, 0.1) is 18.8 Å². The Morgan fingerprint density at radius 1 is 1.00 bits per heavy atom. The van der Waals surface area contributed by atoms with Crippen LogP contribution in [0.2, 0.25) is 0 Å². The van der Waals surface area contributed by atoms with Crippen LogP contribution in [0.4, 0.5) is 11.5 Å². The molecule has 4 aliphatic heterocycles. The minimum absolute atomic E-state index is 0.0631. The van der Waals surface area contributed by atoms with Crippen LogP contribution in [0.15, 0.2) is 70.7 Å². The number of likely N-dealkylation sites (tertiary alicyclic amines) is 2. The zero-order valence-corrected chi connectivity index (χ0v) is 39.3. The lowest BCUT2D eigenvalue weighted by atomic mass is 9.88. The first-order valence-electron chi connectivity index (χ1n) is 23.4. The van der Waals surface area contributed by atoms with E-state index < -0.39 is 18.1 Å². The van der Waals surface area contributed by atoms with Gasteiger partial charge in [-0.1, -0.05) is 50.2 Å². The average molecular weight is 919 g/mol. The minimum atomic E-state index is -0.818. The highest BCUT2D eigenvalue weighted by Gasteiger charge is 2.44. The van der Waals surface area contributed by atoms with E-state index in [0.717, 1.165) is 91.9 Å². The number of amides is 2. The number of piperazine rings is 1. The maximum absolute atomic E-state index is 14.2. The number of carbonyl (C=O) groups excluding carboxylic acids is 2. The van der Waals surface area contributed by atoms with Crippen molar-refractivity contribution in [1.82, 2.24) is 40.4 Å². The molecule has 350 valence electrons. The molecule has 0 spiro atoms. The number of aryl methyl sites for hydroxylation is 1. The molecule has 0 radical (unpaired) electrons. The van der Waals surface area contributed by atoms with Crippen molar-refractivity contribution < 1.29 is 29.1 Å². The Kier molecular flexibility index (Phi) is 13.6. The smallest absolute Gasteiger partial charge is 0.254 e. The molecule has 7 heterocycles. The van der Waals surface area contributed by atoms with Crippen LogP contribution in [0.25, 0.3) is 21.7 Å². The summed E-state index contributed by atoms with van der Waals surface area (Å²) in [4.78, 5) is 42.5. The second kappa shape index (κ2) is 19.7. The monoisotopic (exact) mass is 918 g/mol. The molecule has 4 aliphatic rings. The summed E-state index contributed by atoms with van der Waals surface area (Å²) in [6.07, 6.45) is 1.57. The molecule has 17 heteroatoms. The highest BCUT2D eigenvalue weighted by Crippen LogP contribution is 2.38. The van der Waals surface area contributed by atoms with Gasteiger partial charge in [-0.3, -0.25) is 19.4 Å². The number of aliphatic hydroxyl groups is 1. The van der Waals surface area contributed by atoms with Gasteiger partial charge in [-0.2, -0.15) is 0 Å². The molecule has 4 N–H and O–H groups in total. The van der Waals surface area contributed by atoms with Crippen molar-refractivity contribution in [2.24, 2.45) is 11.8 Å². The molecule has 66 heavy (non-hydrogen) atoms. The Morgan fingerprint density at radius 3 is 2.53 bits per heavy atom. The Balaban J connectivity index is 0.735. The standard InChI is InChI=1S/C49H62N10O6S/c1-29(2)45(49(63)59-27-37(60)22-41(59)48(62)52-30(3)33-10-12-35(13-11-33)46-31(4)51-28-66-46)43-24-44(55-65-43)64-21-20-56-16-14-34(15-17-56)32(5)57-18-19-58-36(26-57)25-50-47-40(58)23-39(53-54-47)38-8-6-7-9-42(38)61/h6-13,23-24,28-30,32,34,36-37,41,45,60-61H,14-22,25-27H2,1-5H3,(H,50,54)(H,52,62)/t30-,32-,36+,37+,41-,45+/m0/s1. The molecule has 5 aromatic rings. The number of hydrogen-bond donors (Lipinski definition) is 4. The van der Waals surface area contributed by atoms with Crippen LogP contribution in [0.1, 0.15) is 75.9 Å². The second-order valence-corrected chi connectivity index (χ2v) is 19.6. The fourth-order valence-corrected chi connectivity index (χ4v) is 11.2. The number of nitrogens with zero attached hydrogens (tertiary/aromatic N) is 8. The van der Waals surface area contributed by atoms with Crippen molar-refractivity contribution in [3.63, 3.8) is 0 Å². The van der Waals surface area contributed by atoms with E-state index in [9.17, 15) is 19.8 Å². The predicted octanol–water partition coefficient (Wildman–Crippen LogP) is 5.94. The van der Waals surface area contributed by atoms with Gasteiger partial charge in [-0.25, -0.2) is 4.98 Å². The van der Waals surface area contributed by atoms with Crippen molar-refractivity contribution in [2.75, 3.05) is 69.2 Å². The first kappa shape index (κ1) is 45.5. The lowest BCUT2D eigenvalue weighted by Crippen LogP contribution is -2.60. The van der Waals surface area contributed by atoms with Gasteiger partial charge in [-0.05, 0) is 93.0 Å². The summed E-state index contributed by atoms with van der Waals surface area (Å²) in [6.45, 7) is 17.1. The maximum Gasteiger partial charge on any atom is 0.254 e. The van der Waals surface area contributed by atoms with E-state index in [1.165, 1.54) is 4.90 Å². The number of thiazole rings is 1. The number of phenols is 1. The van der Waals surface area contributed by atoms with Crippen LogP contribution in [0.3, 0.4) is 0 Å². The molecular formula is C49H62N10O6S. The number of rotatable bonds is 14. The number of nitrogens with one attached hydrogen (secondary N) is 2. The Labute approximate surface area is 390 Å². The van der Waals surface area contributed by atoms with Gasteiger partial charge in [0.25, 0.3) is 5.88 Å². The van der Waals surface area contributed by atoms with E-state index >= 15 is 0 Å². The van der Waals surface area contributed by atoms with Gasteiger partial charge in [0.1, 0.15) is 24.3 Å². The lowest BCUT2D eigenvalue weighted by molar-refractivity contribution is -0.141. The van der Waals surface area contributed by atoms with Crippen molar-refractivity contribution in [1.29, 1.82) is 0 Å². The van der Waals surface area contributed by atoms with E-state index in [0.29, 0.717) is 47.5 Å². The number of β-amino-alcohol motifs (C(OH)–C–C–N with tert-alkyl or cyclic N) is 1. The molecule has 3 aromatic heterocycles. The SMILES string of the molecule is Cc1ncsc1-c1ccc([C@H](C)NC(=O)[C@@H]2C[C@@H](O)CN2C(=O)[C@@H](c2cc(OCCN3CCC([C@H](C)N4CCN5c6cc(-c7ccccc7O)nnc6NC[C@@H]5C4)CC3)no2)C(C)C)cc1. The van der Waals surface area contributed by atoms with Gasteiger partial charge in [-0.15, -0.1) is 21.5 Å². The number of para-hydroxylation sites is 1. The first-order chi connectivity index (χ1) is 31.9. The average Bonchev–Trinajstić information content (AvgIpc) is 4.08. The van der Waals surface area contributed by atoms with Gasteiger partial charge in [0.05, 0.1) is 45.7 Å². The third kappa shape index (κ3) is 9.62. The van der Waals surface area contributed by atoms with Crippen LogP contribution in [-0.4, -0.2) is 140 Å². The van der Waals surface area contributed by atoms with Gasteiger partial charge >= 0.3 is 0 Å². The van der Waals surface area contributed by atoms with E-state index in [4.69, 9.17) is 9.26 Å². The molecule has 0 unspecified atom stereocenters. The number of fused-ring (bicyclic) bond motifs is 3. The summed E-state index contributed by atoms with van der Waals surface area (Å²) in [5.41, 5.74) is 7.23. The van der Waals surface area contributed by atoms with E-state index in [2.05, 4.69) is 58.7 Å². The molecule has 16 nitrogen and oxygen atoms in total. The molecule has 3 fully saturated rings. The third-order valence-corrected chi connectivity index (χ3v) is 15.2. The van der Waals surface area contributed by atoms with Crippen molar-refractivity contribution in [3.05, 3.63) is 83.2 Å². The van der Waals surface area contributed by atoms with Crippen molar-refractivity contribution >= 4 is 34.7 Å². The van der Waals surface area contributed by atoms with Crippen LogP contribution in [-0.2, 0) is 9.59 Å². The Bertz CT molecular complexity index is 2470. The zero-order valence-electron chi connectivity index (χ0n) is 38.5. The number of piperidine rings is 1. The van der Waals surface area contributed by atoms with Crippen molar-refractivity contribution in [2.45, 2.75) is 90.1 Å². The molecule has 0 saturated carbocycles. The number of carbonyl (C=O) groups is 2. The number of aliphatic hydroxyl groups excluding tert-OH is 1. The predicted molar refractivity (Wildman–Crippen MR) is 254 cm³/mol. The van der Waals surface area contributed by atoms with Gasteiger partial charge in [0.15, 0.2) is 11.6 Å². The number of aromatic nitrogens is 4. The van der Waals surface area contributed by atoms with Crippen LogP contribution < -0.4 is 20.3 Å². The van der Waals surface area contributed by atoms with Crippen LogP contribution >= 0.6 is 11.3 Å². The first-order valence-corrected chi connectivity index (χ1v) is 24.3. The molecule has 6 atom stereocenters. The summed E-state index contributed by atoms with van der Waals surface area (Å²) < 4.78 is 11.8. The topological polar surface area (TPSA) is 186 Å². The summed E-state index contributed by atoms with van der Waals surface area (Å²) >= 11 is 1.59.